The lowest BCUT2D eigenvalue weighted by molar-refractivity contribution is 0.131. The number of aliphatic imine (C=N–C) groups is 1. The summed E-state index contributed by atoms with van der Waals surface area (Å²) in [6, 6.07) is 0.590. The summed E-state index contributed by atoms with van der Waals surface area (Å²) >= 11 is 1.84. The zero-order chi connectivity index (χ0) is 13.4. The van der Waals surface area contributed by atoms with Gasteiger partial charge in [0.05, 0.1) is 13.2 Å². The van der Waals surface area contributed by atoms with Gasteiger partial charge in [-0.15, -0.1) is 0 Å². The Hall–Kier alpha value is -0.220. The standard InChI is InChI=1S/C14H28N2OS/c1-11(2)5-8-17-9-7-15-14-16-13(12(3)4)6-10-18-14/h11-13H,5-10H2,1-4H3,(H,15,16). The largest absolute Gasteiger partial charge is 0.380 e. The van der Waals surface area contributed by atoms with Gasteiger partial charge in [0.25, 0.3) is 0 Å². The van der Waals surface area contributed by atoms with Gasteiger partial charge in [-0.25, -0.2) is 0 Å². The molecule has 3 nitrogen and oxygen atoms in total. The molecular weight excluding hydrogens is 244 g/mol. The summed E-state index contributed by atoms with van der Waals surface area (Å²) in [5.74, 6) is 2.58. The van der Waals surface area contributed by atoms with Crippen molar-refractivity contribution in [1.29, 1.82) is 0 Å². The van der Waals surface area contributed by atoms with Crippen LogP contribution in [-0.4, -0.2) is 36.7 Å². The second-order valence-corrected chi connectivity index (χ2v) is 6.70. The van der Waals surface area contributed by atoms with Gasteiger partial charge in [-0.2, -0.15) is 0 Å². The fraction of sp³-hybridized carbons (Fsp3) is 0.929. The van der Waals surface area contributed by atoms with E-state index in [1.165, 1.54) is 12.2 Å². The number of hydrogen-bond donors (Lipinski definition) is 1. The van der Waals surface area contributed by atoms with Gasteiger partial charge in [0, 0.05) is 18.4 Å². The molecular formula is C14H28N2OS. The van der Waals surface area contributed by atoms with E-state index in [2.05, 4.69) is 38.0 Å². The highest BCUT2D eigenvalue weighted by molar-refractivity contribution is 8.13. The fourth-order valence-corrected chi connectivity index (χ4v) is 2.76. The molecule has 0 aromatic rings. The van der Waals surface area contributed by atoms with Crippen LogP contribution in [0.2, 0.25) is 0 Å². The van der Waals surface area contributed by atoms with Crippen molar-refractivity contribution in [2.24, 2.45) is 16.8 Å². The zero-order valence-corrected chi connectivity index (χ0v) is 13.1. The van der Waals surface area contributed by atoms with E-state index < -0.39 is 0 Å². The molecule has 106 valence electrons. The van der Waals surface area contributed by atoms with Gasteiger partial charge in [0.1, 0.15) is 0 Å². The van der Waals surface area contributed by atoms with E-state index in [0.717, 1.165) is 37.3 Å². The molecule has 1 fully saturated rings. The van der Waals surface area contributed by atoms with Gasteiger partial charge >= 0.3 is 0 Å². The van der Waals surface area contributed by atoms with E-state index in [1.807, 2.05) is 11.8 Å². The molecule has 1 aliphatic heterocycles. The molecule has 1 unspecified atom stereocenters. The quantitative estimate of drug-likeness (QED) is 0.723. The summed E-state index contributed by atoms with van der Waals surface area (Å²) in [6.45, 7) is 11.3. The first kappa shape index (κ1) is 15.8. The molecule has 0 aliphatic carbocycles. The van der Waals surface area contributed by atoms with Crippen molar-refractivity contribution in [2.75, 3.05) is 25.5 Å². The summed E-state index contributed by atoms with van der Waals surface area (Å²) in [5, 5.41) is 4.62. The Bertz CT molecular complexity index is 254. The molecule has 1 rings (SSSR count). The first-order chi connectivity index (χ1) is 8.59. The van der Waals surface area contributed by atoms with Crippen molar-refractivity contribution < 1.29 is 4.74 Å². The second-order valence-electron chi connectivity index (χ2n) is 5.61. The average Bonchev–Trinajstić information content (AvgIpc) is 2.33. The van der Waals surface area contributed by atoms with Crippen molar-refractivity contribution >= 4 is 16.9 Å². The molecule has 0 saturated carbocycles. The topological polar surface area (TPSA) is 33.6 Å². The third-order valence-electron chi connectivity index (χ3n) is 3.11. The molecule has 18 heavy (non-hydrogen) atoms. The highest BCUT2D eigenvalue weighted by Gasteiger charge is 2.19. The Balaban J connectivity index is 2.14. The number of nitrogens with one attached hydrogen (secondary N) is 1. The van der Waals surface area contributed by atoms with Crippen molar-refractivity contribution in [3.8, 4) is 0 Å². The van der Waals surface area contributed by atoms with Gasteiger partial charge in [-0.05, 0) is 24.7 Å². The second kappa shape index (κ2) is 8.81. The highest BCUT2D eigenvalue weighted by atomic mass is 32.2. The third kappa shape index (κ3) is 6.64. The Morgan fingerprint density at radius 3 is 2.78 bits per heavy atom. The molecule has 0 aromatic carbocycles. The lowest BCUT2D eigenvalue weighted by Gasteiger charge is -2.28. The molecule has 1 heterocycles. The van der Waals surface area contributed by atoms with Crippen LogP contribution in [0.3, 0.4) is 0 Å². The maximum atomic E-state index is 5.57. The molecule has 1 N–H and O–H groups in total. The van der Waals surface area contributed by atoms with E-state index in [4.69, 9.17) is 4.74 Å². The molecule has 0 bridgehead atoms. The van der Waals surface area contributed by atoms with Crippen LogP contribution >= 0.6 is 11.8 Å². The average molecular weight is 272 g/mol. The lowest BCUT2D eigenvalue weighted by Crippen LogP contribution is -2.41. The van der Waals surface area contributed by atoms with E-state index in [0.29, 0.717) is 12.0 Å². The smallest absolute Gasteiger partial charge is 0.156 e. The summed E-state index contributed by atoms with van der Waals surface area (Å²) in [7, 11) is 0. The van der Waals surface area contributed by atoms with Crippen LogP contribution in [0.4, 0.5) is 0 Å². The summed E-state index contributed by atoms with van der Waals surface area (Å²) in [6.07, 6.45) is 2.38. The van der Waals surface area contributed by atoms with Gasteiger partial charge in [0.2, 0.25) is 0 Å². The minimum Gasteiger partial charge on any atom is -0.380 e. The highest BCUT2D eigenvalue weighted by Crippen LogP contribution is 2.18. The zero-order valence-electron chi connectivity index (χ0n) is 12.2. The van der Waals surface area contributed by atoms with Crippen LogP contribution in [0.25, 0.3) is 0 Å². The number of rotatable bonds is 7. The van der Waals surface area contributed by atoms with E-state index in [9.17, 15) is 0 Å². The van der Waals surface area contributed by atoms with Gasteiger partial charge in [-0.3, -0.25) is 4.99 Å². The van der Waals surface area contributed by atoms with Crippen LogP contribution in [0.15, 0.2) is 4.99 Å². The monoisotopic (exact) mass is 272 g/mol. The summed E-state index contributed by atoms with van der Waals surface area (Å²) < 4.78 is 5.57. The number of ether oxygens (including phenoxy) is 1. The Morgan fingerprint density at radius 2 is 2.11 bits per heavy atom. The number of nitrogens with zero attached hydrogens (tertiary/aromatic N) is 1. The van der Waals surface area contributed by atoms with Crippen LogP contribution in [-0.2, 0) is 4.74 Å². The van der Waals surface area contributed by atoms with E-state index in [-0.39, 0.29) is 0 Å². The molecule has 0 aromatic heterocycles. The predicted octanol–water partition coefficient (Wildman–Crippen LogP) is 3.16. The molecule has 0 radical (unpaired) electrons. The fourth-order valence-electron chi connectivity index (χ4n) is 1.78. The van der Waals surface area contributed by atoms with Crippen molar-refractivity contribution in [3.63, 3.8) is 0 Å². The predicted molar refractivity (Wildman–Crippen MR) is 81.4 cm³/mol. The molecule has 4 heteroatoms. The van der Waals surface area contributed by atoms with Crippen LogP contribution in [0, 0.1) is 11.8 Å². The number of thioether (sulfide) groups is 1. The first-order valence-electron chi connectivity index (χ1n) is 7.11. The normalized spacial score (nSPS) is 22.8. The van der Waals surface area contributed by atoms with Crippen molar-refractivity contribution in [1.82, 2.24) is 5.32 Å². The molecule has 0 amide bonds. The maximum Gasteiger partial charge on any atom is 0.156 e. The van der Waals surface area contributed by atoms with Gasteiger partial charge in [0.15, 0.2) is 5.17 Å². The van der Waals surface area contributed by atoms with E-state index >= 15 is 0 Å². The number of hydrogen-bond acceptors (Lipinski definition) is 3. The summed E-state index contributed by atoms with van der Waals surface area (Å²) in [4.78, 5) is 4.58. The first-order valence-corrected chi connectivity index (χ1v) is 8.09. The minimum atomic E-state index is 0.590. The molecule has 1 atom stereocenters. The maximum absolute atomic E-state index is 5.57. The molecule has 0 spiro atoms. The minimum absolute atomic E-state index is 0.590. The lowest BCUT2D eigenvalue weighted by atomic mass is 10.0. The van der Waals surface area contributed by atoms with Crippen LogP contribution in [0.1, 0.15) is 40.5 Å². The Kier molecular flexibility index (Phi) is 7.75. The summed E-state index contributed by atoms with van der Waals surface area (Å²) in [5.41, 5.74) is 0. The van der Waals surface area contributed by atoms with Gasteiger partial charge < -0.3 is 10.1 Å². The third-order valence-corrected chi connectivity index (χ3v) is 4.07. The van der Waals surface area contributed by atoms with Crippen molar-refractivity contribution in [2.45, 2.75) is 46.6 Å². The van der Waals surface area contributed by atoms with E-state index in [1.54, 1.807) is 0 Å². The van der Waals surface area contributed by atoms with Gasteiger partial charge in [-0.1, -0.05) is 39.5 Å². The molecule has 1 saturated heterocycles. The SMILES string of the molecule is CC(C)CCOCCN=C1NC(C(C)C)CCS1. The Labute approximate surface area is 116 Å². The molecule has 1 aliphatic rings. The van der Waals surface area contributed by atoms with Crippen molar-refractivity contribution in [3.05, 3.63) is 0 Å². The van der Waals surface area contributed by atoms with Crippen LogP contribution < -0.4 is 5.32 Å². The Morgan fingerprint density at radius 1 is 1.33 bits per heavy atom. The van der Waals surface area contributed by atoms with Crippen LogP contribution in [0.5, 0.6) is 0 Å². The number of amidine groups is 1.